The maximum absolute atomic E-state index is 12.5. The molecule has 0 unspecified atom stereocenters. The highest BCUT2D eigenvalue weighted by molar-refractivity contribution is 5.89. The summed E-state index contributed by atoms with van der Waals surface area (Å²) in [6, 6.07) is 13.2. The number of hydrogen-bond donors (Lipinski definition) is 0. The van der Waals surface area contributed by atoms with Crippen molar-refractivity contribution in [2.45, 2.75) is 90.9 Å². The second-order valence-corrected chi connectivity index (χ2v) is 9.46. The van der Waals surface area contributed by atoms with E-state index in [0.717, 1.165) is 64.2 Å². The summed E-state index contributed by atoms with van der Waals surface area (Å²) in [6.07, 6.45) is 11.2. The molecular formula is C32H44O8. The Morgan fingerprint density at radius 2 is 1.00 bits per heavy atom. The second-order valence-electron chi connectivity index (χ2n) is 9.46. The van der Waals surface area contributed by atoms with Crippen LogP contribution in [0.5, 0.6) is 11.5 Å². The van der Waals surface area contributed by atoms with E-state index in [1.165, 1.54) is 0 Å². The Hall–Kier alpha value is -3.10. The number of carbonyl (C=O) groups excluding carboxylic acids is 2. The van der Waals surface area contributed by atoms with Gasteiger partial charge in [0.15, 0.2) is 0 Å². The monoisotopic (exact) mass is 556 g/mol. The molecule has 2 rings (SSSR count). The third-order valence-electron chi connectivity index (χ3n) is 6.01. The lowest BCUT2D eigenvalue weighted by molar-refractivity contribution is -0.363. The van der Waals surface area contributed by atoms with Crippen molar-refractivity contribution in [3.63, 3.8) is 0 Å². The zero-order chi connectivity index (χ0) is 28.8. The van der Waals surface area contributed by atoms with Crippen molar-refractivity contribution in [2.24, 2.45) is 0 Å². The number of carbonyl (C=O) groups is 2. The van der Waals surface area contributed by atoms with E-state index >= 15 is 0 Å². The van der Waals surface area contributed by atoms with E-state index in [9.17, 15) is 9.59 Å². The molecule has 0 saturated heterocycles. The lowest BCUT2D eigenvalue weighted by atomic mass is 10.1. The Labute approximate surface area is 239 Å². The van der Waals surface area contributed by atoms with E-state index in [4.69, 9.17) is 29.0 Å². The van der Waals surface area contributed by atoms with Crippen LogP contribution in [0.2, 0.25) is 0 Å². The standard InChI is InChI=1S/C32H44O8/c1-4-7-10-11-12-13-14-15-30(37-39-31(33)26-16-20-28(21-17-26)35-24-8-5-2)38-40-32(34)27-18-22-29(23-19-27)36-25-9-6-3/h16-23H,1,4-15,24-25H2,2-3H3. The molecule has 0 aliphatic heterocycles. The first-order chi connectivity index (χ1) is 19.6. The fourth-order valence-electron chi connectivity index (χ4n) is 3.56. The van der Waals surface area contributed by atoms with Crippen molar-refractivity contribution in [1.82, 2.24) is 0 Å². The van der Waals surface area contributed by atoms with Gasteiger partial charge in [-0.1, -0.05) is 72.1 Å². The SMILES string of the molecule is [CH2]CCCCCCCC[C](OOC(=O)c1ccc(OCCCC)cc1)OOC(=O)c1ccc(OCCCC)cc1. The van der Waals surface area contributed by atoms with Crippen LogP contribution in [-0.2, 0) is 19.6 Å². The smallest absolute Gasteiger partial charge is 0.373 e. The highest BCUT2D eigenvalue weighted by atomic mass is 17.3. The molecule has 2 aromatic carbocycles. The molecule has 0 spiro atoms. The quantitative estimate of drug-likeness (QED) is 0.0812. The molecule has 8 heteroatoms. The molecule has 0 aliphatic rings. The lowest BCUT2D eigenvalue weighted by Crippen LogP contribution is -2.16. The molecule has 0 heterocycles. The molecule has 0 amide bonds. The number of benzene rings is 2. The molecule has 220 valence electrons. The maximum Gasteiger partial charge on any atom is 0.373 e. The van der Waals surface area contributed by atoms with E-state index in [-0.39, 0.29) is 17.4 Å². The molecule has 0 saturated carbocycles. The van der Waals surface area contributed by atoms with Crippen LogP contribution >= 0.6 is 0 Å². The zero-order valence-electron chi connectivity index (χ0n) is 24.0. The fraction of sp³-hybridized carbons (Fsp3) is 0.500. The predicted molar refractivity (Wildman–Crippen MR) is 152 cm³/mol. The largest absolute Gasteiger partial charge is 0.494 e. The second kappa shape index (κ2) is 20.8. The first-order valence-corrected chi connectivity index (χ1v) is 14.5. The van der Waals surface area contributed by atoms with E-state index in [1.807, 2.05) is 0 Å². The summed E-state index contributed by atoms with van der Waals surface area (Å²) >= 11 is 0. The summed E-state index contributed by atoms with van der Waals surface area (Å²) in [7, 11) is 0. The third-order valence-corrected chi connectivity index (χ3v) is 6.01. The van der Waals surface area contributed by atoms with Gasteiger partial charge in [0.1, 0.15) is 11.5 Å². The van der Waals surface area contributed by atoms with Gasteiger partial charge in [0, 0.05) is 6.42 Å². The van der Waals surface area contributed by atoms with Crippen molar-refractivity contribution in [2.75, 3.05) is 13.2 Å². The molecule has 0 N–H and O–H groups in total. The van der Waals surface area contributed by atoms with Gasteiger partial charge in [-0.25, -0.2) is 9.59 Å². The minimum atomic E-state index is -0.709. The maximum atomic E-state index is 12.5. The topological polar surface area (TPSA) is 89.5 Å². The Bertz CT molecular complexity index is 873. The molecule has 40 heavy (non-hydrogen) atoms. The Morgan fingerprint density at radius 3 is 1.43 bits per heavy atom. The van der Waals surface area contributed by atoms with Crippen LogP contribution in [0.15, 0.2) is 48.5 Å². The van der Waals surface area contributed by atoms with Crippen molar-refractivity contribution in [3.05, 3.63) is 72.9 Å². The molecule has 0 aromatic heterocycles. The average molecular weight is 557 g/mol. The number of unbranched alkanes of at least 4 members (excludes halogenated alkanes) is 8. The van der Waals surface area contributed by atoms with E-state index < -0.39 is 11.9 Å². The molecule has 8 nitrogen and oxygen atoms in total. The molecule has 2 aromatic rings. The van der Waals surface area contributed by atoms with Gasteiger partial charge in [-0.2, -0.15) is 0 Å². The van der Waals surface area contributed by atoms with Gasteiger partial charge in [0.05, 0.1) is 24.3 Å². The van der Waals surface area contributed by atoms with E-state index in [2.05, 4.69) is 20.8 Å². The van der Waals surface area contributed by atoms with Gasteiger partial charge in [-0.15, -0.1) is 9.78 Å². The highest BCUT2D eigenvalue weighted by Gasteiger charge is 2.21. The molecule has 2 radical (unpaired) electrons. The summed E-state index contributed by atoms with van der Waals surface area (Å²) in [6.45, 7) is 9.27. The van der Waals surface area contributed by atoms with Crippen LogP contribution in [-0.4, -0.2) is 25.2 Å². The van der Waals surface area contributed by atoms with Crippen LogP contribution < -0.4 is 9.47 Å². The average Bonchev–Trinajstić information content (AvgIpc) is 2.98. The Morgan fingerprint density at radius 1 is 0.575 bits per heavy atom. The summed E-state index contributed by atoms with van der Waals surface area (Å²) in [4.78, 5) is 45.3. The van der Waals surface area contributed by atoms with E-state index in [0.29, 0.717) is 37.6 Å². The first-order valence-electron chi connectivity index (χ1n) is 14.5. The van der Waals surface area contributed by atoms with Gasteiger partial charge in [-0.05, 0) is 67.8 Å². The molecule has 0 atom stereocenters. The number of hydrogen-bond acceptors (Lipinski definition) is 8. The van der Waals surface area contributed by atoms with Crippen LogP contribution in [0.1, 0.15) is 112 Å². The van der Waals surface area contributed by atoms with Crippen molar-refractivity contribution < 1.29 is 38.6 Å². The zero-order valence-corrected chi connectivity index (χ0v) is 24.0. The molecule has 0 bridgehead atoms. The molecule has 0 fully saturated rings. The normalized spacial score (nSPS) is 10.9. The van der Waals surface area contributed by atoms with Crippen molar-refractivity contribution in [1.29, 1.82) is 0 Å². The third kappa shape index (κ3) is 13.8. The van der Waals surface area contributed by atoms with Gasteiger partial charge >= 0.3 is 18.2 Å². The highest BCUT2D eigenvalue weighted by Crippen LogP contribution is 2.21. The summed E-state index contributed by atoms with van der Waals surface area (Å²) in [5.74, 6) is -0.0768. The number of rotatable bonds is 22. The van der Waals surface area contributed by atoms with Crippen LogP contribution in [0.25, 0.3) is 0 Å². The fourth-order valence-corrected chi connectivity index (χ4v) is 3.56. The van der Waals surface area contributed by atoms with Gasteiger partial charge < -0.3 is 9.47 Å². The lowest BCUT2D eigenvalue weighted by Gasteiger charge is -2.14. The minimum absolute atomic E-state index is 0.113. The Kier molecular flexibility index (Phi) is 17.2. The van der Waals surface area contributed by atoms with Gasteiger partial charge in [-0.3, -0.25) is 9.78 Å². The first kappa shape index (κ1) is 33.1. The Balaban J connectivity index is 1.87. The van der Waals surface area contributed by atoms with E-state index in [1.54, 1.807) is 48.5 Å². The molecular weight excluding hydrogens is 512 g/mol. The predicted octanol–water partition coefficient (Wildman–Crippen LogP) is 8.37. The summed E-state index contributed by atoms with van der Waals surface area (Å²) in [5.41, 5.74) is 0.566. The van der Waals surface area contributed by atoms with Crippen LogP contribution in [0.3, 0.4) is 0 Å². The minimum Gasteiger partial charge on any atom is -0.494 e. The van der Waals surface area contributed by atoms with Crippen LogP contribution in [0, 0.1) is 13.2 Å². The molecule has 0 aliphatic carbocycles. The van der Waals surface area contributed by atoms with Gasteiger partial charge in [0.2, 0.25) is 0 Å². The summed E-state index contributed by atoms with van der Waals surface area (Å²) in [5, 5.41) is 0. The van der Waals surface area contributed by atoms with Gasteiger partial charge in [0.25, 0.3) is 0 Å². The van der Waals surface area contributed by atoms with Crippen molar-refractivity contribution in [3.8, 4) is 11.5 Å². The van der Waals surface area contributed by atoms with Crippen LogP contribution in [0.4, 0.5) is 0 Å². The van der Waals surface area contributed by atoms with Crippen molar-refractivity contribution >= 4 is 11.9 Å². The summed E-state index contributed by atoms with van der Waals surface area (Å²) < 4.78 is 11.2. The number of ether oxygens (including phenoxy) is 2.